The smallest absolute Gasteiger partial charge is 0.266 e. The molecule has 1 aliphatic rings. The number of hydrogen-bond acceptors (Lipinski definition) is 3. The van der Waals surface area contributed by atoms with Crippen molar-refractivity contribution in [3.8, 4) is 5.75 Å². The molecule has 5 heteroatoms. The molecule has 1 aliphatic heterocycles. The number of amides is 1. The van der Waals surface area contributed by atoms with Crippen LogP contribution < -0.4 is 9.64 Å². The minimum Gasteiger partial charge on any atom is -0.497 e. The van der Waals surface area contributed by atoms with Crippen LogP contribution in [0.15, 0.2) is 77.7 Å². The van der Waals surface area contributed by atoms with Crippen LogP contribution in [0.1, 0.15) is 22.1 Å². The lowest BCUT2D eigenvalue weighted by Crippen LogP contribution is -2.27. The van der Waals surface area contributed by atoms with Crippen LogP contribution in [0.3, 0.4) is 0 Å². The molecular weight excluding hydrogens is 402 g/mol. The van der Waals surface area contributed by atoms with Gasteiger partial charge < -0.3 is 4.74 Å². The van der Waals surface area contributed by atoms with Gasteiger partial charge in [0.15, 0.2) is 0 Å². The van der Waals surface area contributed by atoms with Crippen molar-refractivity contribution in [3.05, 3.63) is 99.4 Å². The first-order valence-corrected chi connectivity index (χ1v) is 10.5. The zero-order chi connectivity index (χ0) is 20.4. The molecule has 0 aromatic heterocycles. The number of thioether (sulfide) groups is 1. The van der Waals surface area contributed by atoms with Gasteiger partial charge in [-0.2, -0.15) is 0 Å². The standard InChI is InChI=1S/C24H20ClNO2S/c1-16-3-7-18(8-4-16)24-26(20-11-13-21(28-2)14-12-20)23(27)22(29-24)15-17-5-9-19(25)10-6-17/h3-15,24H,1-2H3/b22-15+. The van der Waals surface area contributed by atoms with Crippen molar-refractivity contribution in [3.63, 3.8) is 0 Å². The molecule has 29 heavy (non-hydrogen) atoms. The number of anilines is 1. The number of carbonyl (C=O) groups excluding carboxylic acids is 1. The highest BCUT2D eigenvalue weighted by atomic mass is 35.5. The van der Waals surface area contributed by atoms with Crippen molar-refractivity contribution < 1.29 is 9.53 Å². The van der Waals surface area contributed by atoms with E-state index in [-0.39, 0.29) is 11.3 Å². The Morgan fingerprint density at radius 2 is 1.62 bits per heavy atom. The summed E-state index contributed by atoms with van der Waals surface area (Å²) >= 11 is 7.55. The maximum Gasteiger partial charge on any atom is 0.266 e. The zero-order valence-electron chi connectivity index (χ0n) is 16.1. The molecule has 1 amide bonds. The zero-order valence-corrected chi connectivity index (χ0v) is 17.7. The van der Waals surface area contributed by atoms with Crippen molar-refractivity contribution in [2.75, 3.05) is 12.0 Å². The van der Waals surface area contributed by atoms with E-state index in [1.54, 1.807) is 18.9 Å². The summed E-state index contributed by atoms with van der Waals surface area (Å²) in [4.78, 5) is 15.9. The van der Waals surface area contributed by atoms with Gasteiger partial charge in [-0.05, 0) is 60.5 Å². The van der Waals surface area contributed by atoms with Crippen LogP contribution in [-0.2, 0) is 4.79 Å². The Kier molecular flexibility index (Phi) is 5.65. The minimum absolute atomic E-state index is 0.0132. The van der Waals surface area contributed by atoms with E-state index in [0.717, 1.165) is 22.6 Å². The van der Waals surface area contributed by atoms with Gasteiger partial charge in [-0.15, -0.1) is 0 Å². The highest BCUT2D eigenvalue weighted by Gasteiger charge is 2.38. The number of hydrogen-bond donors (Lipinski definition) is 0. The van der Waals surface area contributed by atoms with E-state index in [4.69, 9.17) is 16.3 Å². The van der Waals surface area contributed by atoms with E-state index in [9.17, 15) is 4.79 Å². The summed E-state index contributed by atoms with van der Waals surface area (Å²) in [6.45, 7) is 2.06. The second-order valence-electron chi connectivity index (χ2n) is 6.81. The molecule has 4 rings (SSSR count). The number of halogens is 1. The first-order valence-electron chi connectivity index (χ1n) is 9.23. The Labute approximate surface area is 180 Å². The van der Waals surface area contributed by atoms with E-state index in [1.807, 2.05) is 59.5 Å². The van der Waals surface area contributed by atoms with Gasteiger partial charge in [-0.1, -0.05) is 65.3 Å². The average molecular weight is 422 g/mol. The third-order valence-corrected chi connectivity index (χ3v) is 6.29. The number of carbonyl (C=O) groups is 1. The maximum atomic E-state index is 13.4. The predicted octanol–water partition coefficient (Wildman–Crippen LogP) is 6.48. The highest BCUT2D eigenvalue weighted by Crippen LogP contribution is 2.48. The van der Waals surface area contributed by atoms with Gasteiger partial charge in [-0.25, -0.2) is 0 Å². The minimum atomic E-state index is -0.130. The van der Waals surface area contributed by atoms with Gasteiger partial charge in [0, 0.05) is 10.7 Å². The molecule has 3 aromatic rings. The van der Waals surface area contributed by atoms with Gasteiger partial charge in [0.1, 0.15) is 11.1 Å². The van der Waals surface area contributed by atoms with E-state index in [0.29, 0.717) is 9.93 Å². The molecule has 3 nitrogen and oxygen atoms in total. The summed E-state index contributed by atoms with van der Waals surface area (Å²) in [6.07, 6.45) is 1.92. The van der Waals surface area contributed by atoms with Crippen molar-refractivity contribution in [2.45, 2.75) is 12.3 Å². The number of rotatable bonds is 4. The molecule has 1 saturated heterocycles. The van der Waals surface area contributed by atoms with E-state index >= 15 is 0 Å². The van der Waals surface area contributed by atoms with Gasteiger partial charge in [0.25, 0.3) is 5.91 Å². The van der Waals surface area contributed by atoms with Crippen LogP contribution in [0.2, 0.25) is 5.02 Å². The third kappa shape index (κ3) is 4.19. The van der Waals surface area contributed by atoms with Crippen LogP contribution in [-0.4, -0.2) is 13.0 Å². The van der Waals surface area contributed by atoms with E-state index in [2.05, 4.69) is 31.2 Å². The lowest BCUT2D eigenvalue weighted by atomic mass is 10.1. The van der Waals surface area contributed by atoms with Gasteiger partial charge in [0.05, 0.1) is 12.0 Å². The molecule has 1 atom stereocenters. The summed E-state index contributed by atoms with van der Waals surface area (Å²) in [7, 11) is 1.63. The fourth-order valence-corrected chi connectivity index (χ4v) is 4.58. The fourth-order valence-electron chi connectivity index (χ4n) is 3.20. The third-order valence-electron chi connectivity index (χ3n) is 4.78. The summed E-state index contributed by atoms with van der Waals surface area (Å²) in [6, 6.07) is 23.4. The molecule has 0 bridgehead atoms. The second kappa shape index (κ2) is 8.36. The molecule has 0 N–H and O–H groups in total. The Balaban J connectivity index is 1.74. The molecule has 1 fully saturated rings. The summed E-state index contributed by atoms with van der Waals surface area (Å²) in [5.41, 5.74) is 4.07. The van der Waals surface area contributed by atoms with Crippen LogP contribution >= 0.6 is 23.4 Å². The first-order chi connectivity index (χ1) is 14.0. The van der Waals surface area contributed by atoms with Crippen LogP contribution in [0, 0.1) is 6.92 Å². The number of ether oxygens (including phenoxy) is 1. The number of methoxy groups -OCH3 is 1. The normalized spacial score (nSPS) is 17.8. The first kappa shape index (κ1) is 19.6. The van der Waals surface area contributed by atoms with Gasteiger partial charge >= 0.3 is 0 Å². The SMILES string of the molecule is COc1ccc(N2C(=O)/C(=C\c3ccc(Cl)cc3)SC2c2ccc(C)cc2)cc1. The lowest BCUT2D eigenvalue weighted by molar-refractivity contribution is -0.114. The van der Waals surface area contributed by atoms with Crippen molar-refractivity contribution in [2.24, 2.45) is 0 Å². The van der Waals surface area contributed by atoms with E-state index in [1.165, 1.54) is 5.56 Å². The molecule has 1 heterocycles. The highest BCUT2D eigenvalue weighted by molar-refractivity contribution is 8.05. The van der Waals surface area contributed by atoms with Crippen molar-refractivity contribution >= 4 is 41.0 Å². The van der Waals surface area contributed by atoms with Gasteiger partial charge in [0.2, 0.25) is 0 Å². The van der Waals surface area contributed by atoms with Crippen LogP contribution in [0.4, 0.5) is 5.69 Å². The van der Waals surface area contributed by atoms with E-state index < -0.39 is 0 Å². The van der Waals surface area contributed by atoms with Gasteiger partial charge in [-0.3, -0.25) is 9.69 Å². The van der Waals surface area contributed by atoms with Crippen molar-refractivity contribution in [1.29, 1.82) is 0 Å². The number of benzene rings is 3. The Bertz CT molecular complexity index is 1040. The molecule has 3 aromatic carbocycles. The number of aryl methyl sites for hydroxylation is 1. The molecule has 1 unspecified atom stereocenters. The fraction of sp³-hybridized carbons (Fsp3) is 0.125. The quantitative estimate of drug-likeness (QED) is 0.451. The summed E-state index contributed by atoms with van der Waals surface area (Å²) in [5.74, 6) is 0.748. The molecular formula is C24H20ClNO2S. The monoisotopic (exact) mass is 421 g/mol. The van der Waals surface area contributed by atoms with Crippen LogP contribution in [0.5, 0.6) is 5.75 Å². The Morgan fingerprint density at radius 3 is 2.24 bits per heavy atom. The topological polar surface area (TPSA) is 29.5 Å². The lowest BCUT2D eigenvalue weighted by Gasteiger charge is -2.24. The largest absolute Gasteiger partial charge is 0.497 e. The second-order valence-corrected chi connectivity index (χ2v) is 8.37. The molecule has 146 valence electrons. The number of nitrogens with zero attached hydrogens (tertiary/aromatic N) is 1. The van der Waals surface area contributed by atoms with Crippen molar-refractivity contribution in [1.82, 2.24) is 0 Å². The summed E-state index contributed by atoms with van der Waals surface area (Å²) in [5, 5.41) is 0.546. The molecule has 0 saturated carbocycles. The summed E-state index contributed by atoms with van der Waals surface area (Å²) < 4.78 is 5.26. The van der Waals surface area contributed by atoms with Crippen LogP contribution in [0.25, 0.3) is 6.08 Å². The Morgan fingerprint density at radius 1 is 0.966 bits per heavy atom. The molecule has 0 radical (unpaired) electrons. The molecule has 0 spiro atoms. The Hall–Kier alpha value is -2.69. The predicted molar refractivity (Wildman–Crippen MR) is 121 cm³/mol. The molecule has 0 aliphatic carbocycles. The average Bonchev–Trinajstić information content (AvgIpc) is 3.06. The maximum absolute atomic E-state index is 13.4.